The van der Waals surface area contributed by atoms with E-state index in [2.05, 4.69) is 34.8 Å². The molecule has 0 aliphatic rings. The van der Waals surface area contributed by atoms with E-state index >= 15 is 0 Å². The third-order valence-corrected chi connectivity index (χ3v) is 3.29. The van der Waals surface area contributed by atoms with Gasteiger partial charge in [-0.1, -0.05) is 0 Å². The summed E-state index contributed by atoms with van der Waals surface area (Å²) in [4.78, 5) is 4.32. The zero-order valence-corrected chi connectivity index (χ0v) is 11.3. The second-order valence-electron chi connectivity index (χ2n) is 3.88. The van der Waals surface area contributed by atoms with Crippen molar-refractivity contribution in [1.29, 1.82) is 0 Å². The number of benzene rings is 1. The van der Waals surface area contributed by atoms with Gasteiger partial charge in [0, 0.05) is 12.1 Å². The van der Waals surface area contributed by atoms with Crippen LogP contribution in [-0.4, -0.2) is 9.55 Å². The van der Waals surface area contributed by atoms with E-state index in [0.29, 0.717) is 15.9 Å². The van der Waals surface area contributed by atoms with Gasteiger partial charge in [0.05, 0.1) is 21.4 Å². The molecule has 0 aliphatic heterocycles. The molecule has 0 unspecified atom stereocenters. The smallest absolute Gasteiger partial charge is 0.139 e. The summed E-state index contributed by atoms with van der Waals surface area (Å²) < 4.78 is 15.8. The topological polar surface area (TPSA) is 17.8 Å². The Labute approximate surface area is 107 Å². The predicted molar refractivity (Wildman–Crippen MR) is 67.3 cm³/mol. The third kappa shape index (κ3) is 1.84. The summed E-state index contributed by atoms with van der Waals surface area (Å²) >= 11 is 9.02. The molecule has 0 bridgehead atoms. The predicted octanol–water partition coefficient (Wildman–Crippen LogP) is 4.26. The molecule has 0 amide bonds. The van der Waals surface area contributed by atoms with Gasteiger partial charge < -0.3 is 4.57 Å². The van der Waals surface area contributed by atoms with Gasteiger partial charge in [-0.3, -0.25) is 0 Å². The zero-order valence-electron chi connectivity index (χ0n) is 8.97. The highest BCUT2D eigenvalue weighted by atomic mass is 79.9. The Morgan fingerprint density at radius 2 is 2.19 bits per heavy atom. The van der Waals surface area contributed by atoms with Crippen molar-refractivity contribution in [3.8, 4) is 0 Å². The SMILES string of the molecule is CC(C)n1c(CCl)nc2cc(F)c(Br)cc21. The normalized spacial score (nSPS) is 11.6. The first-order chi connectivity index (χ1) is 7.54. The zero-order chi connectivity index (χ0) is 11.9. The molecule has 0 spiro atoms. The summed E-state index contributed by atoms with van der Waals surface area (Å²) in [6.45, 7) is 4.10. The van der Waals surface area contributed by atoms with E-state index in [9.17, 15) is 4.39 Å². The summed E-state index contributed by atoms with van der Waals surface area (Å²) in [5.41, 5.74) is 1.55. The van der Waals surface area contributed by atoms with Crippen molar-refractivity contribution in [3.05, 3.63) is 28.2 Å². The van der Waals surface area contributed by atoms with Crippen LogP contribution in [0.1, 0.15) is 25.7 Å². The van der Waals surface area contributed by atoms with Crippen LogP contribution < -0.4 is 0 Å². The van der Waals surface area contributed by atoms with Gasteiger partial charge in [-0.25, -0.2) is 9.37 Å². The molecule has 1 aromatic carbocycles. The number of halogens is 3. The van der Waals surface area contributed by atoms with Crippen LogP contribution in [0.4, 0.5) is 4.39 Å². The van der Waals surface area contributed by atoms with Crippen LogP contribution >= 0.6 is 27.5 Å². The number of hydrogen-bond donors (Lipinski definition) is 0. The summed E-state index contributed by atoms with van der Waals surface area (Å²) in [6.07, 6.45) is 0. The minimum atomic E-state index is -0.304. The fraction of sp³-hybridized carbons (Fsp3) is 0.364. The molecule has 5 heteroatoms. The van der Waals surface area contributed by atoms with Crippen LogP contribution in [0.3, 0.4) is 0 Å². The molecule has 0 fully saturated rings. The second kappa shape index (κ2) is 4.34. The number of imidazole rings is 1. The van der Waals surface area contributed by atoms with Crippen molar-refractivity contribution in [2.45, 2.75) is 25.8 Å². The molecule has 1 heterocycles. The minimum Gasteiger partial charge on any atom is -0.324 e. The summed E-state index contributed by atoms with van der Waals surface area (Å²) in [5.74, 6) is 0.790. The molecule has 0 saturated heterocycles. The molecule has 2 nitrogen and oxygen atoms in total. The van der Waals surface area contributed by atoms with Crippen LogP contribution in [0.2, 0.25) is 0 Å². The fourth-order valence-corrected chi connectivity index (χ4v) is 2.33. The number of rotatable bonds is 2. The summed E-state index contributed by atoms with van der Waals surface area (Å²) in [7, 11) is 0. The van der Waals surface area contributed by atoms with E-state index in [1.165, 1.54) is 6.07 Å². The van der Waals surface area contributed by atoms with Crippen LogP contribution in [0.5, 0.6) is 0 Å². The average molecular weight is 306 g/mol. The van der Waals surface area contributed by atoms with Gasteiger partial charge >= 0.3 is 0 Å². The highest BCUT2D eigenvalue weighted by Gasteiger charge is 2.14. The Balaban J connectivity index is 2.79. The van der Waals surface area contributed by atoms with E-state index in [1.54, 1.807) is 6.07 Å². The minimum absolute atomic E-state index is 0.246. The molecule has 0 N–H and O–H groups in total. The molecular formula is C11H11BrClFN2. The Bertz CT molecular complexity index is 536. The molecule has 0 aliphatic carbocycles. The van der Waals surface area contributed by atoms with Crippen LogP contribution in [-0.2, 0) is 5.88 Å². The molecular weight excluding hydrogens is 294 g/mol. The highest BCUT2D eigenvalue weighted by molar-refractivity contribution is 9.10. The van der Waals surface area contributed by atoms with Gasteiger partial charge in [0.15, 0.2) is 0 Å². The fourth-order valence-electron chi connectivity index (χ4n) is 1.81. The van der Waals surface area contributed by atoms with Crippen LogP contribution in [0.25, 0.3) is 11.0 Å². The first-order valence-electron chi connectivity index (χ1n) is 4.96. The standard InChI is InChI=1S/C11H11BrClFN2/c1-6(2)16-10-3-7(12)8(14)4-9(10)15-11(16)5-13/h3-4,6H,5H2,1-2H3. The Morgan fingerprint density at radius 3 is 2.75 bits per heavy atom. The molecule has 0 radical (unpaired) electrons. The van der Waals surface area contributed by atoms with Gasteiger partial charge in [0.1, 0.15) is 11.6 Å². The number of hydrogen-bond acceptors (Lipinski definition) is 1. The second-order valence-corrected chi connectivity index (χ2v) is 5.00. The summed E-state index contributed by atoms with van der Waals surface area (Å²) in [5, 5.41) is 0. The molecule has 0 saturated carbocycles. The Morgan fingerprint density at radius 1 is 1.50 bits per heavy atom. The maximum atomic E-state index is 13.4. The van der Waals surface area contributed by atoms with Gasteiger partial charge in [-0.05, 0) is 35.8 Å². The number of alkyl halides is 1. The average Bonchev–Trinajstić information content (AvgIpc) is 2.56. The molecule has 2 aromatic rings. The van der Waals surface area contributed by atoms with Crippen molar-refractivity contribution in [3.63, 3.8) is 0 Å². The highest BCUT2D eigenvalue weighted by Crippen LogP contribution is 2.27. The Hall–Kier alpha value is -0.610. The van der Waals surface area contributed by atoms with Gasteiger partial charge in [-0.2, -0.15) is 0 Å². The third-order valence-electron chi connectivity index (χ3n) is 2.44. The maximum Gasteiger partial charge on any atom is 0.139 e. The van der Waals surface area contributed by atoms with Crippen molar-refractivity contribution in [1.82, 2.24) is 9.55 Å². The van der Waals surface area contributed by atoms with Gasteiger partial charge in [-0.15, -0.1) is 11.6 Å². The van der Waals surface area contributed by atoms with E-state index < -0.39 is 0 Å². The molecule has 1 aromatic heterocycles. The summed E-state index contributed by atoms with van der Waals surface area (Å²) in [6, 6.07) is 3.42. The van der Waals surface area contributed by atoms with E-state index in [1.807, 2.05) is 4.57 Å². The first kappa shape index (κ1) is 11.9. The van der Waals surface area contributed by atoms with E-state index in [-0.39, 0.29) is 11.9 Å². The number of nitrogens with zero attached hydrogens (tertiary/aromatic N) is 2. The van der Waals surface area contributed by atoms with Crippen molar-refractivity contribution < 1.29 is 4.39 Å². The van der Waals surface area contributed by atoms with Gasteiger partial charge in [0.25, 0.3) is 0 Å². The van der Waals surface area contributed by atoms with Crippen molar-refractivity contribution >= 4 is 38.6 Å². The largest absolute Gasteiger partial charge is 0.324 e. The van der Waals surface area contributed by atoms with Crippen LogP contribution in [0.15, 0.2) is 16.6 Å². The molecule has 2 rings (SSSR count). The Kier molecular flexibility index (Phi) is 3.22. The van der Waals surface area contributed by atoms with Crippen molar-refractivity contribution in [2.75, 3.05) is 0 Å². The quantitative estimate of drug-likeness (QED) is 0.758. The lowest BCUT2D eigenvalue weighted by atomic mass is 10.3. The van der Waals surface area contributed by atoms with E-state index in [4.69, 9.17) is 11.6 Å². The lowest BCUT2D eigenvalue weighted by molar-refractivity contribution is 0.596. The number of fused-ring (bicyclic) bond motifs is 1. The molecule has 16 heavy (non-hydrogen) atoms. The maximum absolute atomic E-state index is 13.4. The monoisotopic (exact) mass is 304 g/mol. The number of aromatic nitrogens is 2. The van der Waals surface area contributed by atoms with E-state index in [0.717, 1.165) is 11.3 Å². The van der Waals surface area contributed by atoms with Crippen LogP contribution in [0, 0.1) is 5.82 Å². The van der Waals surface area contributed by atoms with Crippen molar-refractivity contribution in [2.24, 2.45) is 0 Å². The first-order valence-corrected chi connectivity index (χ1v) is 6.29. The van der Waals surface area contributed by atoms with Gasteiger partial charge in [0.2, 0.25) is 0 Å². The molecule has 0 atom stereocenters. The lowest BCUT2D eigenvalue weighted by Gasteiger charge is -2.11. The lowest BCUT2D eigenvalue weighted by Crippen LogP contribution is -2.04. The molecule has 86 valence electrons.